The highest BCUT2D eigenvalue weighted by molar-refractivity contribution is 6.09. The summed E-state index contributed by atoms with van der Waals surface area (Å²) >= 11 is 0. The van der Waals surface area contributed by atoms with Crippen LogP contribution < -0.4 is 10.6 Å². The van der Waals surface area contributed by atoms with E-state index < -0.39 is 4.92 Å². The molecule has 84 valence electrons. The molecule has 1 aromatic rings. The molecule has 1 aliphatic rings. The molecular weight excluding hydrogens is 210 g/mol. The van der Waals surface area contributed by atoms with Crippen molar-refractivity contribution in [2.24, 2.45) is 0 Å². The average Bonchev–Trinajstić information content (AvgIpc) is 2.55. The number of furan rings is 1. The summed E-state index contributed by atoms with van der Waals surface area (Å²) in [6.45, 7) is 3.68. The van der Waals surface area contributed by atoms with Gasteiger partial charge in [-0.2, -0.15) is 0 Å². The smallest absolute Gasteiger partial charge is 0.401 e. The van der Waals surface area contributed by atoms with Crippen molar-refractivity contribution < 1.29 is 14.1 Å². The maximum Gasteiger partial charge on any atom is 0.437 e. The molecule has 0 spiro atoms. The fourth-order valence-corrected chi connectivity index (χ4v) is 1.87. The molecule has 0 saturated carbocycles. The van der Waals surface area contributed by atoms with Crippen molar-refractivity contribution in [1.82, 2.24) is 0 Å². The first-order valence-corrected chi connectivity index (χ1v) is 5.02. The molecule has 5 nitrogen and oxygen atoms in total. The van der Waals surface area contributed by atoms with Crippen LogP contribution in [0.1, 0.15) is 31.7 Å². The molecule has 5 heteroatoms. The van der Waals surface area contributed by atoms with Crippen molar-refractivity contribution in [3.63, 3.8) is 0 Å². The number of rotatable bonds is 2. The lowest BCUT2D eigenvalue weighted by Crippen LogP contribution is -2.28. The van der Waals surface area contributed by atoms with Gasteiger partial charge in [-0.05, 0) is 18.1 Å². The number of carbonyl (C=O) groups excluding carboxylic acids is 1. The van der Waals surface area contributed by atoms with Crippen LogP contribution in [0.2, 0.25) is 0 Å². The molecule has 2 rings (SSSR count). The van der Waals surface area contributed by atoms with E-state index in [0.717, 1.165) is 0 Å². The minimum absolute atomic E-state index is 0.0508. The fourth-order valence-electron chi connectivity index (χ4n) is 1.87. The van der Waals surface area contributed by atoms with Crippen LogP contribution >= 0.6 is 0 Å². The molecule has 1 aliphatic carbocycles. The van der Waals surface area contributed by atoms with E-state index in [1.54, 1.807) is 6.08 Å². The molecule has 0 N–H and O–H groups in total. The van der Waals surface area contributed by atoms with Crippen LogP contribution in [0, 0.1) is 10.1 Å². The highest BCUT2D eigenvalue weighted by Gasteiger charge is 2.25. The molecule has 0 fully saturated rings. The van der Waals surface area contributed by atoms with Crippen molar-refractivity contribution in [3.05, 3.63) is 26.3 Å². The predicted octanol–water partition coefficient (Wildman–Crippen LogP) is 0.845. The normalized spacial score (nSPS) is 14.3. The summed E-state index contributed by atoms with van der Waals surface area (Å²) in [7, 11) is 0. The van der Waals surface area contributed by atoms with Gasteiger partial charge in [-0.15, -0.1) is 0 Å². The van der Waals surface area contributed by atoms with Crippen LogP contribution in [0.3, 0.4) is 0 Å². The fraction of sp³-hybridized carbons (Fsp3) is 0.364. The molecule has 0 atom stereocenters. The summed E-state index contributed by atoms with van der Waals surface area (Å²) in [5.74, 6) is -0.351. The third-order valence-corrected chi connectivity index (χ3v) is 2.53. The lowest BCUT2D eigenvalue weighted by molar-refractivity contribution is -0.403. The first-order chi connectivity index (χ1) is 7.50. The van der Waals surface area contributed by atoms with E-state index in [0.29, 0.717) is 16.2 Å². The van der Waals surface area contributed by atoms with Crippen molar-refractivity contribution in [2.45, 2.75) is 26.2 Å². The number of nitrogens with zero attached hydrogens (tertiary/aromatic N) is 1. The molecule has 0 bridgehead atoms. The van der Waals surface area contributed by atoms with Gasteiger partial charge in [0.1, 0.15) is 10.3 Å². The number of hydrogen-bond donors (Lipinski definition) is 0. The molecular formula is C11H11NO4. The average molecular weight is 221 g/mol. The van der Waals surface area contributed by atoms with Crippen LogP contribution in [-0.2, 0) is 4.79 Å². The number of nitro groups is 1. The van der Waals surface area contributed by atoms with E-state index in [4.69, 9.17) is 4.42 Å². The topological polar surface area (TPSA) is 73.3 Å². The van der Waals surface area contributed by atoms with Gasteiger partial charge in [-0.25, -0.2) is 0 Å². The van der Waals surface area contributed by atoms with Gasteiger partial charge >= 0.3 is 5.88 Å². The summed E-state index contributed by atoms with van der Waals surface area (Å²) < 4.78 is 5.17. The van der Waals surface area contributed by atoms with Crippen LogP contribution in [0.5, 0.6) is 0 Å². The van der Waals surface area contributed by atoms with Gasteiger partial charge in [0.05, 0.1) is 5.56 Å². The summed E-state index contributed by atoms with van der Waals surface area (Å²) in [6.07, 6.45) is 3.27. The Morgan fingerprint density at radius 2 is 2.19 bits per heavy atom. The molecule has 0 amide bonds. The van der Waals surface area contributed by atoms with Crippen molar-refractivity contribution >= 4 is 23.8 Å². The summed E-state index contributed by atoms with van der Waals surface area (Å²) in [4.78, 5) is 21.6. The zero-order valence-corrected chi connectivity index (χ0v) is 9.02. The zero-order chi connectivity index (χ0) is 11.9. The van der Waals surface area contributed by atoms with Gasteiger partial charge in [0.2, 0.25) is 0 Å². The van der Waals surface area contributed by atoms with Gasteiger partial charge in [0.15, 0.2) is 5.78 Å². The van der Waals surface area contributed by atoms with Gasteiger partial charge in [0.25, 0.3) is 0 Å². The van der Waals surface area contributed by atoms with Crippen LogP contribution in [0.25, 0.3) is 12.2 Å². The number of fused-ring (bicyclic) bond motifs is 1. The standard InChI is InChI=1S/C11H11NO4/c1-6(2)10-8-5-7(13)3-4-9(8)16-11(10)12(14)15/h4-6H,3H2,1-2H3. The Morgan fingerprint density at radius 3 is 2.75 bits per heavy atom. The number of hydrogen-bond acceptors (Lipinski definition) is 4. The van der Waals surface area contributed by atoms with Crippen LogP contribution in [0.4, 0.5) is 5.88 Å². The number of Topliss-reactive ketones (excluding diaryl/α,β-unsaturated/α-hetero) is 1. The predicted molar refractivity (Wildman–Crippen MR) is 57.3 cm³/mol. The van der Waals surface area contributed by atoms with Gasteiger partial charge in [0, 0.05) is 11.6 Å². The maximum absolute atomic E-state index is 11.3. The molecule has 1 heterocycles. The summed E-state index contributed by atoms with van der Waals surface area (Å²) in [5, 5.41) is 11.4. The molecule has 0 saturated heterocycles. The number of ketones is 1. The van der Waals surface area contributed by atoms with Crippen molar-refractivity contribution in [3.8, 4) is 0 Å². The summed E-state index contributed by atoms with van der Waals surface area (Å²) in [5.41, 5.74) is 0.944. The monoisotopic (exact) mass is 221 g/mol. The van der Waals surface area contributed by atoms with Crippen LogP contribution in [0.15, 0.2) is 4.42 Å². The van der Waals surface area contributed by atoms with Gasteiger partial charge < -0.3 is 4.42 Å². The van der Waals surface area contributed by atoms with E-state index >= 15 is 0 Å². The van der Waals surface area contributed by atoms with Crippen molar-refractivity contribution in [2.75, 3.05) is 0 Å². The Labute approximate surface area is 91.2 Å². The van der Waals surface area contributed by atoms with E-state index in [2.05, 4.69) is 0 Å². The lowest BCUT2D eigenvalue weighted by Gasteiger charge is -2.00. The Hall–Kier alpha value is -1.91. The second-order valence-electron chi connectivity index (χ2n) is 4.03. The largest absolute Gasteiger partial charge is 0.437 e. The second-order valence-corrected chi connectivity index (χ2v) is 4.03. The first kappa shape index (κ1) is 10.6. The Balaban J connectivity index is 2.84. The minimum Gasteiger partial charge on any atom is -0.401 e. The summed E-state index contributed by atoms with van der Waals surface area (Å²) in [6, 6.07) is 0. The van der Waals surface area contributed by atoms with E-state index in [9.17, 15) is 14.9 Å². The minimum atomic E-state index is -0.542. The molecule has 0 aromatic carbocycles. The SMILES string of the molecule is CC(C)c1c([N+](=O)[O-])oc2c1=CC(=O)CC=2. The zero-order valence-electron chi connectivity index (χ0n) is 9.02. The molecule has 0 unspecified atom stereocenters. The van der Waals surface area contributed by atoms with Crippen LogP contribution in [-0.4, -0.2) is 10.7 Å². The highest BCUT2D eigenvalue weighted by atomic mass is 16.6. The van der Waals surface area contributed by atoms with E-state index in [1.807, 2.05) is 13.8 Å². The Morgan fingerprint density at radius 1 is 1.50 bits per heavy atom. The third kappa shape index (κ3) is 1.54. The molecule has 1 aromatic heterocycles. The lowest BCUT2D eigenvalue weighted by atomic mass is 10.0. The number of carbonyl (C=O) groups is 1. The van der Waals surface area contributed by atoms with E-state index in [-0.39, 0.29) is 24.0 Å². The van der Waals surface area contributed by atoms with E-state index in [1.165, 1.54) is 6.08 Å². The quantitative estimate of drug-likeness (QED) is 0.548. The van der Waals surface area contributed by atoms with Gasteiger partial charge in [-0.1, -0.05) is 13.8 Å². The highest BCUT2D eigenvalue weighted by Crippen LogP contribution is 2.22. The first-order valence-electron chi connectivity index (χ1n) is 5.02. The third-order valence-electron chi connectivity index (χ3n) is 2.53. The van der Waals surface area contributed by atoms with Gasteiger partial charge in [-0.3, -0.25) is 14.9 Å². The molecule has 0 aliphatic heterocycles. The Bertz CT molecular complexity index is 580. The maximum atomic E-state index is 11.3. The Kier molecular flexibility index (Phi) is 2.38. The molecule has 0 radical (unpaired) electrons. The second kappa shape index (κ2) is 3.59. The molecule has 16 heavy (non-hydrogen) atoms. The van der Waals surface area contributed by atoms with Crippen molar-refractivity contribution in [1.29, 1.82) is 0 Å².